The molecule has 0 unspecified atom stereocenters. The lowest BCUT2D eigenvalue weighted by atomic mass is 10.0. The first-order valence-corrected chi connectivity index (χ1v) is 5.75. The Kier molecular flexibility index (Phi) is 5.17. The van der Waals surface area contributed by atoms with Crippen molar-refractivity contribution < 1.29 is 13.2 Å². The Labute approximate surface area is 104 Å². The minimum Gasteiger partial charge on any atom is -0.320 e. The molecule has 1 aromatic rings. The van der Waals surface area contributed by atoms with Crippen molar-refractivity contribution in [2.75, 3.05) is 0 Å². The van der Waals surface area contributed by atoms with E-state index in [1.54, 1.807) is 18.2 Å². The lowest BCUT2D eigenvalue weighted by molar-refractivity contribution is -0.149. The third-order valence-corrected chi connectivity index (χ3v) is 2.71. The number of nitrogens with two attached hydrogens (primary N) is 1. The van der Waals surface area contributed by atoms with Gasteiger partial charge in [-0.2, -0.15) is 18.4 Å². The highest BCUT2D eigenvalue weighted by molar-refractivity contribution is 5.32. The van der Waals surface area contributed by atoms with E-state index in [-0.39, 0.29) is 6.42 Å². The van der Waals surface area contributed by atoms with Gasteiger partial charge in [0.15, 0.2) is 0 Å². The number of unbranched alkanes of at least 4 members (excludes halogenated alkanes) is 1. The molecule has 0 aliphatic rings. The zero-order chi connectivity index (χ0) is 13.6. The number of hydrogen-bond donors (Lipinski definition) is 1. The summed E-state index contributed by atoms with van der Waals surface area (Å²) < 4.78 is 36.4. The summed E-state index contributed by atoms with van der Waals surface area (Å²) in [5.74, 6) is 0. The second-order valence-electron chi connectivity index (χ2n) is 4.21. The van der Waals surface area contributed by atoms with Crippen LogP contribution >= 0.6 is 0 Å². The molecule has 98 valence electrons. The molecular weight excluding hydrogens is 241 g/mol. The summed E-state index contributed by atoms with van der Waals surface area (Å²) in [6.45, 7) is 0. The summed E-state index contributed by atoms with van der Waals surface area (Å²) in [7, 11) is 0. The van der Waals surface area contributed by atoms with Crippen LogP contribution in [0.3, 0.4) is 0 Å². The fraction of sp³-hybridized carbons (Fsp3) is 0.462. The number of hydrogen-bond acceptors (Lipinski definition) is 2. The summed E-state index contributed by atoms with van der Waals surface area (Å²) in [5, 5.41) is 8.70. The monoisotopic (exact) mass is 256 g/mol. The Balaban J connectivity index is 2.32. The van der Waals surface area contributed by atoms with Gasteiger partial charge in [-0.05, 0) is 37.0 Å². The van der Waals surface area contributed by atoms with E-state index in [4.69, 9.17) is 11.0 Å². The molecule has 0 amide bonds. The minimum absolute atomic E-state index is 0.0541. The van der Waals surface area contributed by atoms with Crippen LogP contribution in [-0.4, -0.2) is 12.2 Å². The molecule has 5 heteroatoms. The van der Waals surface area contributed by atoms with Crippen molar-refractivity contribution in [2.24, 2.45) is 5.73 Å². The molecule has 0 bridgehead atoms. The number of alkyl halides is 3. The molecule has 0 aliphatic heterocycles. The first-order valence-electron chi connectivity index (χ1n) is 5.75. The third kappa shape index (κ3) is 4.76. The molecule has 0 saturated carbocycles. The fourth-order valence-electron chi connectivity index (χ4n) is 1.65. The maximum absolute atomic E-state index is 12.1. The zero-order valence-corrected chi connectivity index (χ0v) is 9.87. The molecule has 0 fully saturated rings. The molecule has 0 radical (unpaired) electrons. The number of nitriles is 1. The van der Waals surface area contributed by atoms with Gasteiger partial charge < -0.3 is 5.73 Å². The normalized spacial score (nSPS) is 13.1. The average molecular weight is 256 g/mol. The van der Waals surface area contributed by atoms with Crippen LogP contribution in [0.5, 0.6) is 0 Å². The molecule has 1 atom stereocenters. The highest BCUT2D eigenvalue weighted by Crippen LogP contribution is 2.22. The third-order valence-electron chi connectivity index (χ3n) is 2.71. The Morgan fingerprint density at radius 1 is 1.28 bits per heavy atom. The number of halogens is 3. The molecule has 2 nitrogen and oxygen atoms in total. The minimum atomic E-state index is -4.30. The lowest BCUT2D eigenvalue weighted by Crippen LogP contribution is -2.37. The fourth-order valence-corrected chi connectivity index (χ4v) is 1.65. The van der Waals surface area contributed by atoms with Crippen molar-refractivity contribution in [2.45, 2.75) is 37.9 Å². The Morgan fingerprint density at radius 3 is 2.61 bits per heavy atom. The van der Waals surface area contributed by atoms with E-state index < -0.39 is 12.2 Å². The highest BCUT2D eigenvalue weighted by Gasteiger charge is 2.35. The van der Waals surface area contributed by atoms with E-state index in [1.807, 2.05) is 12.1 Å². The predicted octanol–water partition coefficient (Wildman–Crippen LogP) is 3.16. The van der Waals surface area contributed by atoms with Gasteiger partial charge in [0.25, 0.3) is 0 Å². The van der Waals surface area contributed by atoms with Crippen molar-refractivity contribution >= 4 is 0 Å². The van der Waals surface area contributed by atoms with Crippen LogP contribution in [-0.2, 0) is 6.42 Å². The van der Waals surface area contributed by atoms with E-state index in [9.17, 15) is 13.2 Å². The zero-order valence-electron chi connectivity index (χ0n) is 9.87. The summed E-state index contributed by atoms with van der Waals surface area (Å²) in [6.07, 6.45) is -2.63. The number of nitrogens with zero attached hydrogens (tertiary/aromatic N) is 1. The van der Waals surface area contributed by atoms with Crippen LogP contribution < -0.4 is 5.73 Å². The van der Waals surface area contributed by atoms with Gasteiger partial charge in [-0.25, -0.2) is 0 Å². The molecule has 1 aromatic carbocycles. The van der Waals surface area contributed by atoms with E-state index in [1.165, 1.54) is 0 Å². The molecule has 0 aliphatic carbocycles. The van der Waals surface area contributed by atoms with Gasteiger partial charge in [-0.15, -0.1) is 0 Å². The molecule has 0 saturated heterocycles. The number of aryl methyl sites for hydroxylation is 1. The Bertz CT molecular complexity index is 421. The first-order chi connectivity index (χ1) is 8.43. The standard InChI is InChI=1S/C13H15F3N2/c14-13(15,16)12(18)7-2-1-4-10-5-3-6-11(8-10)9-17/h3,5-6,8,12H,1-2,4,7,18H2/t12-/m0/s1. The van der Waals surface area contributed by atoms with Gasteiger partial charge in [0.1, 0.15) is 6.04 Å². The van der Waals surface area contributed by atoms with Gasteiger partial charge >= 0.3 is 6.18 Å². The van der Waals surface area contributed by atoms with E-state index in [0.29, 0.717) is 24.8 Å². The average Bonchev–Trinajstić information content (AvgIpc) is 2.33. The second-order valence-corrected chi connectivity index (χ2v) is 4.21. The highest BCUT2D eigenvalue weighted by atomic mass is 19.4. The van der Waals surface area contributed by atoms with Gasteiger partial charge in [-0.1, -0.05) is 18.6 Å². The number of rotatable bonds is 5. The van der Waals surface area contributed by atoms with Gasteiger partial charge in [0.2, 0.25) is 0 Å². The Hall–Kier alpha value is -1.54. The van der Waals surface area contributed by atoms with Crippen LogP contribution in [0.25, 0.3) is 0 Å². The van der Waals surface area contributed by atoms with Crippen molar-refractivity contribution in [3.05, 3.63) is 35.4 Å². The van der Waals surface area contributed by atoms with Crippen LogP contribution in [0.4, 0.5) is 13.2 Å². The van der Waals surface area contributed by atoms with Crippen LogP contribution in [0.2, 0.25) is 0 Å². The molecular formula is C13H15F3N2. The number of benzene rings is 1. The molecule has 1 rings (SSSR count). The summed E-state index contributed by atoms with van der Waals surface area (Å²) in [4.78, 5) is 0. The Morgan fingerprint density at radius 2 is 2.00 bits per heavy atom. The van der Waals surface area contributed by atoms with Crippen molar-refractivity contribution in [1.82, 2.24) is 0 Å². The van der Waals surface area contributed by atoms with Crippen LogP contribution in [0.1, 0.15) is 30.4 Å². The predicted molar refractivity (Wildman–Crippen MR) is 62.7 cm³/mol. The molecule has 18 heavy (non-hydrogen) atoms. The quantitative estimate of drug-likeness (QED) is 0.823. The maximum Gasteiger partial charge on any atom is 0.403 e. The molecule has 0 aromatic heterocycles. The van der Waals surface area contributed by atoms with Crippen LogP contribution in [0.15, 0.2) is 24.3 Å². The van der Waals surface area contributed by atoms with Crippen LogP contribution in [0, 0.1) is 11.3 Å². The van der Waals surface area contributed by atoms with Gasteiger partial charge in [-0.3, -0.25) is 0 Å². The van der Waals surface area contributed by atoms with Gasteiger partial charge in [0.05, 0.1) is 11.6 Å². The van der Waals surface area contributed by atoms with E-state index in [0.717, 1.165) is 5.56 Å². The smallest absolute Gasteiger partial charge is 0.320 e. The maximum atomic E-state index is 12.1. The second kappa shape index (κ2) is 6.41. The summed E-state index contributed by atoms with van der Waals surface area (Å²) in [6, 6.07) is 7.38. The van der Waals surface area contributed by atoms with Crippen molar-refractivity contribution in [3.63, 3.8) is 0 Å². The summed E-state index contributed by atoms with van der Waals surface area (Å²) >= 11 is 0. The molecule has 2 N–H and O–H groups in total. The molecule has 0 spiro atoms. The lowest BCUT2D eigenvalue weighted by Gasteiger charge is -2.14. The van der Waals surface area contributed by atoms with E-state index in [2.05, 4.69) is 0 Å². The van der Waals surface area contributed by atoms with E-state index >= 15 is 0 Å². The SMILES string of the molecule is N#Cc1cccc(CCCC[C@H](N)C(F)(F)F)c1. The van der Waals surface area contributed by atoms with Crippen molar-refractivity contribution in [3.8, 4) is 6.07 Å². The van der Waals surface area contributed by atoms with Crippen molar-refractivity contribution in [1.29, 1.82) is 5.26 Å². The van der Waals surface area contributed by atoms with Gasteiger partial charge in [0, 0.05) is 0 Å². The largest absolute Gasteiger partial charge is 0.403 e. The molecule has 0 heterocycles. The first kappa shape index (κ1) is 14.5. The summed E-state index contributed by atoms with van der Waals surface area (Å²) in [5.41, 5.74) is 6.54. The topological polar surface area (TPSA) is 49.8 Å².